The van der Waals surface area contributed by atoms with E-state index in [4.69, 9.17) is 5.73 Å². The molecule has 0 fully saturated rings. The molecule has 0 saturated heterocycles. The Morgan fingerprint density at radius 2 is 1.70 bits per heavy atom. The lowest BCUT2D eigenvalue weighted by Crippen LogP contribution is -2.61. The maximum Gasteiger partial charge on any atom is 0.231 e. The van der Waals surface area contributed by atoms with Crippen LogP contribution in [0.1, 0.15) is 68.7 Å². The standard InChI is InChI=1S/C33H45N3O4/c1-3-20-36(21-4-2)31(40)32(18-11-19-35-28-26-15-9-8-14-25(26)22-27(28)37)16-10-17-33(29(32)38,30(34)39)23-24-12-6-5-7-13-24/h5-10,12-15,17,27-29,35,37-38H,3-4,11,16,18-23H2,1-2H3,(H2,34,39)/t27-,28+,29-,32?,33-/m1/s1. The Balaban J connectivity index is 1.61. The molecule has 5 N–H and O–H groups in total. The predicted molar refractivity (Wildman–Crippen MR) is 157 cm³/mol. The van der Waals surface area contributed by atoms with Crippen LogP contribution in [0.25, 0.3) is 0 Å². The van der Waals surface area contributed by atoms with E-state index in [0.29, 0.717) is 45.3 Å². The molecule has 2 aliphatic carbocycles. The lowest BCUT2D eigenvalue weighted by Gasteiger charge is -2.49. The first-order valence-electron chi connectivity index (χ1n) is 14.8. The summed E-state index contributed by atoms with van der Waals surface area (Å²) >= 11 is 0. The van der Waals surface area contributed by atoms with E-state index in [1.807, 2.05) is 79.4 Å². The summed E-state index contributed by atoms with van der Waals surface area (Å²) in [5, 5.41) is 26.3. The number of carbonyl (C=O) groups excluding carboxylic acids is 2. The van der Waals surface area contributed by atoms with E-state index in [2.05, 4.69) is 5.32 Å². The number of hydrogen-bond acceptors (Lipinski definition) is 5. The van der Waals surface area contributed by atoms with Crippen molar-refractivity contribution in [2.75, 3.05) is 19.6 Å². The first-order valence-corrected chi connectivity index (χ1v) is 14.8. The quantitative estimate of drug-likeness (QED) is 0.226. The highest BCUT2D eigenvalue weighted by atomic mass is 16.3. The van der Waals surface area contributed by atoms with Crippen LogP contribution in [0.3, 0.4) is 0 Å². The number of primary amides is 1. The summed E-state index contributed by atoms with van der Waals surface area (Å²) in [6.07, 6.45) is 5.60. The molecule has 0 radical (unpaired) electrons. The highest BCUT2D eigenvalue weighted by Gasteiger charge is 2.58. The molecule has 2 aromatic carbocycles. The molecule has 0 spiro atoms. The zero-order chi connectivity index (χ0) is 28.8. The summed E-state index contributed by atoms with van der Waals surface area (Å²) in [6, 6.07) is 17.4. The molecule has 7 nitrogen and oxygen atoms in total. The summed E-state index contributed by atoms with van der Waals surface area (Å²) in [6.45, 7) is 5.83. The second-order valence-electron chi connectivity index (χ2n) is 11.5. The van der Waals surface area contributed by atoms with Gasteiger partial charge in [-0.15, -0.1) is 0 Å². The Labute approximate surface area is 238 Å². The molecular weight excluding hydrogens is 502 g/mol. The molecular formula is C33H45N3O4. The van der Waals surface area contributed by atoms with Crippen molar-refractivity contribution in [3.63, 3.8) is 0 Å². The summed E-state index contributed by atoms with van der Waals surface area (Å²) < 4.78 is 0. The van der Waals surface area contributed by atoms with E-state index in [-0.39, 0.29) is 18.4 Å². The number of carbonyl (C=O) groups is 2. The Morgan fingerprint density at radius 3 is 2.38 bits per heavy atom. The van der Waals surface area contributed by atoms with Crippen LogP contribution in [0.5, 0.6) is 0 Å². The fourth-order valence-electron chi connectivity index (χ4n) is 6.77. The van der Waals surface area contributed by atoms with E-state index in [0.717, 1.165) is 29.5 Å². The van der Waals surface area contributed by atoms with Crippen LogP contribution in [0.15, 0.2) is 66.7 Å². The minimum absolute atomic E-state index is 0.113. The molecule has 2 amide bonds. The van der Waals surface area contributed by atoms with Gasteiger partial charge in [0.2, 0.25) is 11.8 Å². The van der Waals surface area contributed by atoms with Gasteiger partial charge in [-0.05, 0) is 61.8 Å². The summed E-state index contributed by atoms with van der Waals surface area (Å²) in [4.78, 5) is 29.3. The summed E-state index contributed by atoms with van der Waals surface area (Å²) in [5.74, 6) is -0.740. The molecule has 40 heavy (non-hydrogen) atoms. The number of aliphatic hydroxyl groups excluding tert-OH is 2. The zero-order valence-electron chi connectivity index (χ0n) is 23.9. The average molecular weight is 548 g/mol. The predicted octanol–water partition coefficient (Wildman–Crippen LogP) is 3.68. The van der Waals surface area contributed by atoms with Gasteiger partial charge in [0.1, 0.15) is 0 Å². The average Bonchev–Trinajstić information content (AvgIpc) is 3.27. The first kappa shape index (κ1) is 30.0. The van der Waals surface area contributed by atoms with Crippen molar-refractivity contribution < 1.29 is 19.8 Å². The van der Waals surface area contributed by atoms with Crippen molar-refractivity contribution in [1.82, 2.24) is 10.2 Å². The van der Waals surface area contributed by atoms with Crippen LogP contribution in [0.4, 0.5) is 0 Å². The fraction of sp³-hybridized carbons (Fsp3) is 0.515. The lowest BCUT2D eigenvalue weighted by atomic mass is 9.58. The highest BCUT2D eigenvalue weighted by molar-refractivity contribution is 5.89. The summed E-state index contributed by atoms with van der Waals surface area (Å²) in [5.41, 5.74) is 6.59. The van der Waals surface area contributed by atoms with E-state index >= 15 is 0 Å². The molecule has 0 aromatic heterocycles. The van der Waals surface area contributed by atoms with Gasteiger partial charge in [-0.1, -0.05) is 80.6 Å². The van der Waals surface area contributed by atoms with E-state index in [1.165, 1.54) is 0 Å². The van der Waals surface area contributed by atoms with Crippen LogP contribution in [0, 0.1) is 10.8 Å². The second-order valence-corrected chi connectivity index (χ2v) is 11.5. The molecule has 2 aromatic rings. The Morgan fingerprint density at radius 1 is 1.02 bits per heavy atom. The highest BCUT2D eigenvalue weighted by Crippen LogP contribution is 2.49. The lowest BCUT2D eigenvalue weighted by molar-refractivity contribution is -0.162. The molecule has 1 unspecified atom stereocenters. The van der Waals surface area contributed by atoms with Gasteiger partial charge in [-0.3, -0.25) is 9.59 Å². The van der Waals surface area contributed by atoms with E-state index in [9.17, 15) is 19.8 Å². The zero-order valence-corrected chi connectivity index (χ0v) is 23.9. The monoisotopic (exact) mass is 547 g/mol. The van der Waals surface area contributed by atoms with Gasteiger partial charge in [0.25, 0.3) is 0 Å². The number of nitrogens with one attached hydrogen (secondary N) is 1. The fourth-order valence-corrected chi connectivity index (χ4v) is 6.77. The van der Waals surface area contributed by atoms with Crippen molar-refractivity contribution in [3.8, 4) is 0 Å². The normalized spacial score (nSPS) is 27.4. The van der Waals surface area contributed by atoms with Crippen LogP contribution < -0.4 is 11.1 Å². The Kier molecular flexibility index (Phi) is 9.82. The molecule has 0 bridgehead atoms. The van der Waals surface area contributed by atoms with Crippen molar-refractivity contribution in [2.24, 2.45) is 16.6 Å². The third kappa shape index (κ3) is 5.87. The number of nitrogens with zero attached hydrogens (tertiary/aromatic N) is 1. The summed E-state index contributed by atoms with van der Waals surface area (Å²) in [7, 11) is 0. The van der Waals surface area contributed by atoms with Crippen LogP contribution in [-0.2, 0) is 22.4 Å². The number of benzene rings is 2. The first-order chi connectivity index (χ1) is 19.3. The van der Waals surface area contributed by atoms with Gasteiger partial charge in [-0.2, -0.15) is 0 Å². The largest absolute Gasteiger partial charge is 0.391 e. The molecule has 0 aliphatic heterocycles. The van der Waals surface area contributed by atoms with Crippen molar-refractivity contribution in [1.29, 1.82) is 0 Å². The molecule has 0 heterocycles. The number of aliphatic hydroxyl groups is 2. The van der Waals surface area contributed by atoms with E-state index in [1.54, 1.807) is 6.08 Å². The van der Waals surface area contributed by atoms with Crippen molar-refractivity contribution in [2.45, 2.75) is 77.0 Å². The third-order valence-corrected chi connectivity index (χ3v) is 8.78. The van der Waals surface area contributed by atoms with Gasteiger partial charge in [0, 0.05) is 19.5 Å². The second kappa shape index (κ2) is 13.1. The topological polar surface area (TPSA) is 116 Å². The maximum absolute atomic E-state index is 14.4. The third-order valence-electron chi connectivity index (χ3n) is 8.78. The van der Waals surface area contributed by atoms with Crippen LogP contribution in [0.2, 0.25) is 0 Å². The number of amides is 2. The Hall–Kier alpha value is -3.00. The van der Waals surface area contributed by atoms with E-state index < -0.39 is 28.9 Å². The number of rotatable bonds is 13. The van der Waals surface area contributed by atoms with Crippen LogP contribution >= 0.6 is 0 Å². The molecule has 5 atom stereocenters. The molecule has 2 aliphatic rings. The van der Waals surface area contributed by atoms with Gasteiger partial charge in [-0.25, -0.2) is 0 Å². The van der Waals surface area contributed by atoms with Gasteiger partial charge < -0.3 is 26.2 Å². The SMILES string of the molecule is CCCN(CCC)C(=O)C1(CCCN[C@H]2c3ccccc3C[C@H]2O)CC=C[C@](Cc2ccccc2)(C(N)=O)[C@@H]1O. The Bertz CT molecular complexity index is 1180. The van der Waals surface area contributed by atoms with Gasteiger partial charge in [0.05, 0.1) is 29.1 Å². The maximum atomic E-state index is 14.4. The molecule has 7 heteroatoms. The van der Waals surface area contributed by atoms with Gasteiger partial charge in [0.15, 0.2) is 0 Å². The molecule has 0 saturated carbocycles. The molecule has 4 rings (SSSR count). The smallest absolute Gasteiger partial charge is 0.231 e. The number of allylic oxidation sites excluding steroid dienone is 1. The van der Waals surface area contributed by atoms with Crippen molar-refractivity contribution >= 4 is 11.8 Å². The number of hydrogen-bond donors (Lipinski definition) is 4. The molecule has 216 valence electrons. The van der Waals surface area contributed by atoms with Crippen molar-refractivity contribution in [3.05, 3.63) is 83.4 Å². The minimum Gasteiger partial charge on any atom is -0.391 e. The number of fused-ring (bicyclic) bond motifs is 1. The minimum atomic E-state index is -1.40. The van der Waals surface area contributed by atoms with Crippen LogP contribution in [-0.4, -0.2) is 58.8 Å². The van der Waals surface area contributed by atoms with Gasteiger partial charge >= 0.3 is 0 Å². The number of nitrogens with two attached hydrogens (primary N) is 1.